The van der Waals surface area contributed by atoms with Crippen molar-refractivity contribution in [2.24, 2.45) is 7.05 Å². The van der Waals surface area contributed by atoms with E-state index >= 15 is 0 Å². The minimum absolute atomic E-state index is 0.154. The zero-order valence-electron chi connectivity index (χ0n) is 21.0. The van der Waals surface area contributed by atoms with E-state index in [4.69, 9.17) is 28.0 Å². The second-order valence-electron chi connectivity index (χ2n) is 9.06. The standard InChI is InChI=1S/C26H27Cl2N7O3/c1-33-15-17(13-21(33)24(36)29-8-11-34-9-3-4-10-34)31-26-30-14-16-12-18(22-19(27)6-5-7-20(22)28)25(37)35(38-2)23(16)32-26/h5-7,12-15H,3-4,8-11H2,1-2H3,(H,29,36)(H,30,31,32). The summed E-state index contributed by atoms with van der Waals surface area (Å²) in [6.45, 7) is 3.62. The number of pyridine rings is 1. The third-order valence-electron chi connectivity index (χ3n) is 6.52. The number of likely N-dealkylation sites (tertiary alicyclic amines) is 1. The van der Waals surface area contributed by atoms with Gasteiger partial charge in [-0.25, -0.2) is 4.98 Å². The number of nitrogens with zero attached hydrogens (tertiary/aromatic N) is 5. The highest BCUT2D eigenvalue weighted by Crippen LogP contribution is 2.33. The molecule has 0 spiro atoms. The molecule has 0 saturated carbocycles. The van der Waals surface area contributed by atoms with E-state index in [0.717, 1.165) is 24.4 Å². The molecule has 4 aromatic rings. The largest absolute Gasteiger partial charge is 0.412 e. The summed E-state index contributed by atoms with van der Waals surface area (Å²) in [6, 6.07) is 8.39. The van der Waals surface area contributed by atoms with Crippen LogP contribution in [0, 0.1) is 0 Å². The summed E-state index contributed by atoms with van der Waals surface area (Å²) in [5, 5.41) is 7.32. The Morgan fingerprint density at radius 2 is 1.89 bits per heavy atom. The molecule has 38 heavy (non-hydrogen) atoms. The number of benzene rings is 1. The Morgan fingerprint density at radius 3 is 2.61 bits per heavy atom. The summed E-state index contributed by atoms with van der Waals surface area (Å²) < 4.78 is 2.81. The number of aryl methyl sites for hydroxylation is 1. The number of amides is 1. The van der Waals surface area contributed by atoms with Gasteiger partial charge in [-0.05, 0) is 50.2 Å². The molecule has 10 nitrogen and oxygen atoms in total. The molecule has 4 heterocycles. The van der Waals surface area contributed by atoms with Gasteiger partial charge in [-0.3, -0.25) is 9.59 Å². The van der Waals surface area contributed by atoms with Gasteiger partial charge in [-0.1, -0.05) is 29.3 Å². The van der Waals surface area contributed by atoms with Crippen LogP contribution in [0.15, 0.2) is 47.5 Å². The summed E-state index contributed by atoms with van der Waals surface area (Å²) in [5.41, 5.74) is 1.60. The molecule has 1 aliphatic heterocycles. The molecule has 3 aromatic heterocycles. The number of carbonyl (C=O) groups excluding carboxylic acids is 1. The van der Waals surface area contributed by atoms with E-state index in [1.165, 1.54) is 20.0 Å². The van der Waals surface area contributed by atoms with Crippen LogP contribution in [0.3, 0.4) is 0 Å². The van der Waals surface area contributed by atoms with Gasteiger partial charge in [0.1, 0.15) is 12.8 Å². The number of halogens is 2. The summed E-state index contributed by atoms with van der Waals surface area (Å²) in [7, 11) is 3.17. The first-order valence-corrected chi connectivity index (χ1v) is 13.0. The fourth-order valence-corrected chi connectivity index (χ4v) is 5.25. The highest BCUT2D eigenvalue weighted by molar-refractivity contribution is 6.39. The van der Waals surface area contributed by atoms with Gasteiger partial charge in [-0.15, -0.1) is 4.73 Å². The Hall–Kier alpha value is -3.60. The van der Waals surface area contributed by atoms with Crippen LogP contribution in [0.1, 0.15) is 23.3 Å². The first kappa shape index (κ1) is 26.0. The fourth-order valence-electron chi connectivity index (χ4n) is 4.65. The number of carbonyl (C=O) groups is 1. The van der Waals surface area contributed by atoms with Gasteiger partial charge in [0.25, 0.3) is 11.5 Å². The van der Waals surface area contributed by atoms with Crippen molar-refractivity contribution in [3.8, 4) is 11.1 Å². The van der Waals surface area contributed by atoms with Gasteiger partial charge in [-0.2, -0.15) is 4.98 Å². The fraction of sp³-hybridized carbons (Fsp3) is 0.308. The van der Waals surface area contributed by atoms with Gasteiger partial charge in [0, 0.05) is 43.5 Å². The van der Waals surface area contributed by atoms with Crippen LogP contribution in [0.4, 0.5) is 11.6 Å². The molecule has 12 heteroatoms. The predicted octanol–water partition coefficient (Wildman–Crippen LogP) is 3.73. The van der Waals surface area contributed by atoms with Crippen molar-refractivity contribution in [2.45, 2.75) is 12.8 Å². The molecule has 0 radical (unpaired) electrons. The average Bonchev–Trinajstić information content (AvgIpc) is 3.54. The van der Waals surface area contributed by atoms with Crippen LogP contribution >= 0.6 is 23.2 Å². The molecule has 0 unspecified atom stereocenters. The highest BCUT2D eigenvalue weighted by Gasteiger charge is 2.19. The van der Waals surface area contributed by atoms with E-state index < -0.39 is 5.56 Å². The van der Waals surface area contributed by atoms with Crippen molar-refractivity contribution in [1.29, 1.82) is 0 Å². The van der Waals surface area contributed by atoms with Gasteiger partial charge in [0.15, 0.2) is 5.65 Å². The van der Waals surface area contributed by atoms with Gasteiger partial charge in [0.05, 0.1) is 21.3 Å². The lowest BCUT2D eigenvalue weighted by Gasteiger charge is -2.14. The lowest BCUT2D eigenvalue weighted by Crippen LogP contribution is -2.34. The van der Waals surface area contributed by atoms with Crippen LogP contribution in [-0.2, 0) is 7.05 Å². The van der Waals surface area contributed by atoms with Crippen LogP contribution in [0.5, 0.6) is 0 Å². The number of rotatable bonds is 8. The number of anilines is 2. The number of hydrogen-bond acceptors (Lipinski definition) is 7. The van der Waals surface area contributed by atoms with E-state index in [-0.39, 0.29) is 23.1 Å². The average molecular weight is 556 g/mol. The minimum atomic E-state index is -0.466. The molecule has 1 amide bonds. The third kappa shape index (κ3) is 5.20. The molecule has 0 aliphatic carbocycles. The van der Waals surface area contributed by atoms with E-state index in [0.29, 0.717) is 38.9 Å². The molecule has 1 saturated heterocycles. The Morgan fingerprint density at radius 1 is 1.16 bits per heavy atom. The molecule has 1 fully saturated rings. The van der Waals surface area contributed by atoms with Crippen LogP contribution in [0.25, 0.3) is 22.2 Å². The van der Waals surface area contributed by atoms with E-state index in [1.807, 2.05) is 0 Å². The van der Waals surface area contributed by atoms with E-state index in [1.54, 1.807) is 54.3 Å². The van der Waals surface area contributed by atoms with Crippen LogP contribution < -0.4 is 21.0 Å². The number of nitrogens with one attached hydrogen (secondary N) is 2. The molecule has 2 N–H and O–H groups in total. The Labute approximate surface area is 229 Å². The maximum atomic E-state index is 13.3. The number of hydrogen-bond donors (Lipinski definition) is 2. The SMILES string of the molecule is COn1c(=O)c(-c2c(Cl)cccc2Cl)cc2cnc(Nc3cc(C(=O)NCCN4CCCC4)n(C)c3)nc21. The smallest absolute Gasteiger partial charge is 0.293 e. The van der Waals surface area contributed by atoms with Crippen molar-refractivity contribution < 1.29 is 9.63 Å². The highest BCUT2D eigenvalue weighted by atomic mass is 35.5. The third-order valence-corrected chi connectivity index (χ3v) is 7.15. The normalized spacial score (nSPS) is 13.7. The van der Waals surface area contributed by atoms with Crippen molar-refractivity contribution in [3.63, 3.8) is 0 Å². The summed E-state index contributed by atoms with van der Waals surface area (Å²) in [5.74, 6) is 0.0796. The van der Waals surface area contributed by atoms with E-state index in [9.17, 15) is 9.59 Å². The quantitative estimate of drug-likeness (QED) is 0.341. The maximum Gasteiger partial charge on any atom is 0.293 e. The van der Waals surface area contributed by atoms with E-state index in [2.05, 4.69) is 25.5 Å². The Bertz CT molecular complexity index is 1540. The zero-order valence-corrected chi connectivity index (χ0v) is 22.5. The number of fused-ring (bicyclic) bond motifs is 1. The molecule has 198 valence electrons. The second-order valence-corrected chi connectivity index (χ2v) is 9.88. The molecule has 0 atom stereocenters. The molecule has 5 rings (SSSR count). The van der Waals surface area contributed by atoms with Crippen molar-refractivity contribution in [1.82, 2.24) is 29.5 Å². The topological polar surface area (TPSA) is 106 Å². The molecule has 1 aliphatic rings. The molecular formula is C26H27Cl2N7O3. The zero-order chi connectivity index (χ0) is 26.8. The van der Waals surface area contributed by atoms with Crippen LogP contribution in [0.2, 0.25) is 10.0 Å². The van der Waals surface area contributed by atoms with Gasteiger partial charge in [0.2, 0.25) is 5.95 Å². The monoisotopic (exact) mass is 555 g/mol. The van der Waals surface area contributed by atoms with Crippen molar-refractivity contribution in [2.75, 3.05) is 38.6 Å². The van der Waals surface area contributed by atoms with Gasteiger partial charge >= 0.3 is 0 Å². The summed E-state index contributed by atoms with van der Waals surface area (Å²) in [6.07, 6.45) is 5.78. The predicted molar refractivity (Wildman–Crippen MR) is 148 cm³/mol. The Balaban J connectivity index is 1.38. The summed E-state index contributed by atoms with van der Waals surface area (Å²) in [4.78, 5) is 42.6. The maximum absolute atomic E-state index is 13.3. The lowest BCUT2D eigenvalue weighted by atomic mass is 10.1. The molecule has 0 bridgehead atoms. The molecular weight excluding hydrogens is 529 g/mol. The van der Waals surface area contributed by atoms with Gasteiger partial charge < -0.3 is 24.9 Å². The lowest BCUT2D eigenvalue weighted by molar-refractivity contribution is 0.0941. The summed E-state index contributed by atoms with van der Waals surface area (Å²) >= 11 is 12.7. The number of aromatic nitrogens is 4. The second kappa shape index (κ2) is 11.0. The van der Waals surface area contributed by atoms with Crippen LogP contribution in [-0.4, -0.2) is 63.4 Å². The van der Waals surface area contributed by atoms with Crippen molar-refractivity contribution >= 4 is 51.8 Å². The van der Waals surface area contributed by atoms with Crippen molar-refractivity contribution in [3.05, 3.63) is 68.8 Å². The Kier molecular flexibility index (Phi) is 7.55. The first-order chi connectivity index (χ1) is 18.4. The minimum Gasteiger partial charge on any atom is -0.412 e. The molecule has 1 aromatic carbocycles. The first-order valence-electron chi connectivity index (χ1n) is 12.2.